The highest BCUT2D eigenvalue weighted by atomic mass is 16.5. The van der Waals surface area contributed by atoms with E-state index in [0.717, 1.165) is 39.3 Å². The molecule has 29 heavy (non-hydrogen) atoms. The standard InChI is InChI=1S/C21H29N3O5/c1-4-24-14-17(20(25)22-6-5-7-23-8-10-29-11-9-23)15-12-18(27-2)19(28-3)13-16(15)21(24)26/h12-14H,4-11H2,1-3H3,(H,22,25). The average molecular weight is 403 g/mol. The number of methoxy groups -OCH3 is 2. The van der Waals surface area contributed by atoms with Crippen LogP contribution in [0.25, 0.3) is 10.8 Å². The molecular formula is C21H29N3O5. The van der Waals surface area contributed by atoms with Gasteiger partial charge in [0.2, 0.25) is 0 Å². The van der Waals surface area contributed by atoms with Gasteiger partial charge in [-0.2, -0.15) is 0 Å². The van der Waals surface area contributed by atoms with Crippen LogP contribution in [0.15, 0.2) is 23.1 Å². The molecule has 2 heterocycles. The van der Waals surface area contributed by atoms with Gasteiger partial charge in [-0.25, -0.2) is 0 Å². The van der Waals surface area contributed by atoms with Crippen molar-refractivity contribution in [3.05, 3.63) is 34.2 Å². The molecule has 1 aromatic carbocycles. The highest BCUT2D eigenvalue weighted by Gasteiger charge is 2.18. The maximum Gasteiger partial charge on any atom is 0.258 e. The van der Waals surface area contributed by atoms with Gasteiger partial charge < -0.3 is 24.1 Å². The minimum Gasteiger partial charge on any atom is -0.493 e. The zero-order valence-electron chi connectivity index (χ0n) is 17.3. The molecule has 1 aromatic heterocycles. The van der Waals surface area contributed by atoms with Crippen molar-refractivity contribution in [2.45, 2.75) is 19.9 Å². The number of carbonyl (C=O) groups excluding carboxylic acids is 1. The van der Waals surface area contributed by atoms with E-state index in [4.69, 9.17) is 14.2 Å². The van der Waals surface area contributed by atoms with Gasteiger partial charge in [0.15, 0.2) is 11.5 Å². The Labute approximate surface area is 170 Å². The summed E-state index contributed by atoms with van der Waals surface area (Å²) < 4.78 is 17.6. The van der Waals surface area contributed by atoms with Crippen molar-refractivity contribution >= 4 is 16.7 Å². The lowest BCUT2D eigenvalue weighted by Crippen LogP contribution is -2.38. The van der Waals surface area contributed by atoms with E-state index in [1.54, 1.807) is 18.3 Å². The smallest absolute Gasteiger partial charge is 0.258 e. The first-order valence-corrected chi connectivity index (χ1v) is 9.96. The van der Waals surface area contributed by atoms with Gasteiger partial charge in [-0.15, -0.1) is 0 Å². The third-order valence-electron chi connectivity index (χ3n) is 5.22. The van der Waals surface area contributed by atoms with Gasteiger partial charge in [0, 0.05) is 37.8 Å². The van der Waals surface area contributed by atoms with Crippen molar-refractivity contribution in [2.24, 2.45) is 0 Å². The fourth-order valence-corrected chi connectivity index (χ4v) is 3.56. The van der Waals surface area contributed by atoms with Crippen molar-refractivity contribution in [2.75, 3.05) is 53.6 Å². The Morgan fingerprint density at radius 2 is 1.79 bits per heavy atom. The molecule has 1 saturated heterocycles. The third-order valence-corrected chi connectivity index (χ3v) is 5.22. The fraction of sp³-hybridized carbons (Fsp3) is 0.524. The van der Waals surface area contributed by atoms with Crippen LogP contribution in [-0.4, -0.2) is 69.0 Å². The summed E-state index contributed by atoms with van der Waals surface area (Å²) in [5.41, 5.74) is 0.293. The third kappa shape index (κ3) is 4.71. The van der Waals surface area contributed by atoms with Crippen molar-refractivity contribution < 1.29 is 19.0 Å². The van der Waals surface area contributed by atoms with Crippen LogP contribution < -0.4 is 20.3 Å². The molecule has 2 aromatic rings. The Kier molecular flexibility index (Phi) is 7.11. The molecule has 0 saturated carbocycles. The predicted molar refractivity (Wildman–Crippen MR) is 111 cm³/mol. The number of ether oxygens (including phenoxy) is 3. The molecule has 1 amide bonds. The maximum absolute atomic E-state index is 12.9. The molecule has 0 bridgehead atoms. The van der Waals surface area contributed by atoms with E-state index in [1.807, 2.05) is 6.92 Å². The number of aryl methyl sites for hydroxylation is 1. The van der Waals surface area contributed by atoms with Crippen LogP contribution in [0.5, 0.6) is 11.5 Å². The first-order chi connectivity index (χ1) is 14.1. The predicted octanol–water partition coefficient (Wildman–Crippen LogP) is 1.49. The topological polar surface area (TPSA) is 82.0 Å². The zero-order valence-corrected chi connectivity index (χ0v) is 17.3. The number of nitrogens with zero attached hydrogens (tertiary/aromatic N) is 2. The number of amides is 1. The molecule has 0 atom stereocenters. The maximum atomic E-state index is 12.9. The van der Waals surface area contributed by atoms with Crippen LogP contribution in [0.4, 0.5) is 0 Å². The molecule has 1 aliphatic rings. The summed E-state index contributed by atoms with van der Waals surface area (Å²) in [4.78, 5) is 28.0. The Morgan fingerprint density at radius 3 is 2.41 bits per heavy atom. The summed E-state index contributed by atoms with van der Waals surface area (Å²) in [6.45, 7) is 7.23. The fourth-order valence-electron chi connectivity index (χ4n) is 3.56. The molecule has 8 heteroatoms. The SMILES string of the molecule is CCn1cc(C(=O)NCCCN2CCOCC2)c2cc(OC)c(OC)cc2c1=O. The number of aromatic nitrogens is 1. The minimum atomic E-state index is -0.202. The molecule has 3 rings (SSSR count). The summed E-state index contributed by atoms with van der Waals surface area (Å²) in [7, 11) is 3.05. The molecule has 0 unspecified atom stereocenters. The lowest BCUT2D eigenvalue weighted by Gasteiger charge is -2.26. The van der Waals surface area contributed by atoms with E-state index in [-0.39, 0.29) is 11.5 Å². The molecular weight excluding hydrogens is 374 g/mol. The molecule has 1 aliphatic heterocycles. The van der Waals surface area contributed by atoms with Crippen molar-refractivity contribution in [1.29, 1.82) is 0 Å². The zero-order chi connectivity index (χ0) is 20.8. The van der Waals surface area contributed by atoms with E-state index in [0.29, 0.717) is 40.9 Å². The van der Waals surface area contributed by atoms with Gasteiger partial charge in [0.05, 0.1) is 38.4 Å². The van der Waals surface area contributed by atoms with Crippen molar-refractivity contribution in [1.82, 2.24) is 14.8 Å². The molecule has 1 N–H and O–H groups in total. The van der Waals surface area contributed by atoms with E-state index in [2.05, 4.69) is 10.2 Å². The average Bonchev–Trinajstić information content (AvgIpc) is 2.76. The van der Waals surface area contributed by atoms with Crippen LogP contribution in [0, 0.1) is 0 Å². The van der Waals surface area contributed by atoms with Gasteiger partial charge in [-0.1, -0.05) is 0 Å². The first-order valence-electron chi connectivity index (χ1n) is 9.96. The van der Waals surface area contributed by atoms with Crippen molar-refractivity contribution in [3.63, 3.8) is 0 Å². The second-order valence-corrected chi connectivity index (χ2v) is 6.95. The molecule has 1 fully saturated rings. The number of hydrogen-bond acceptors (Lipinski definition) is 6. The Hall–Kier alpha value is -2.58. The number of pyridine rings is 1. The van der Waals surface area contributed by atoms with Gasteiger partial charge >= 0.3 is 0 Å². The van der Waals surface area contributed by atoms with Gasteiger partial charge in [0.1, 0.15) is 0 Å². The Morgan fingerprint density at radius 1 is 1.14 bits per heavy atom. The quantitative estimate of drug-likeness (QED) is 0.673. The molecule has 8 nitrogen and oxygen atoms in total. The second kappa shape index (κ2) is 9.76. The van der Waals surface area contributed by atoms with E-state index in [9.17, 15) is 9.59 Å². The first kappa shape index (κ1) is 21.1. The summed E-state index contributed by atoms with van der Waals surface area (Å²) in [6, 6.07) is 3.33. The van der Waals surface area contributed by atoms with E-state index < -0.39 is 0 Å². The number of rotatable bonds is 8. The number of hydrogen-bond donors (Lipinski definition) is 1. The van der Waals surface area contributed by atoms with E-state index in [1.165, 1.54) is 18.8 Å². The molecule has 158 valence electrons. The lowest BCUT2D eigenvalue weighted by atomic mass is 10.1. The van der Waals surface area contributed by atoms with Crippen LogP contribution in [0.2, 0.25) is 0 Å². The van der Waals surface area contributed by atoms with E-state index >= 15 is 0 Å². The Balaban J connectivity index is 1.81. The highest BCUT2D eigenvalue weighted by Crippen LogP contribution is 2.32. The lowest BCUT2D eigenvalue weighted by molar-refractivity contribution is 0.0374. The normalized spacial score (nSPS) is 14.7. The van der Waals surface area contributed by atoms with Crippen LogP contribution in [0.1, 0.15) is 23.7 Å². The molecule has 0 aliphatic carbocycles. The second-order valence-electron chi connectivity index (χ2n) is 6.95. The van der Waals surface area contributed by atoms with Crippen LogP contribution in [-0.2, 0) is 11.3 Å². The monoisotopic (exact) mass is 403 g/mol. The van der Waals surface area contributed by atoms with Gasteiger partial charge in [-0.05, 0) is 32.0 Å². The van der Waals surface area contributed by atoms with Gasteiger partial charge in [0.25, 0.3) is 11.5 Å². The van der Waals surface area contributed by atoms with Gasteiger partial charge in [-0.3, -0.25) is 14.5 Å². The number of benzene rings is 1. The van der Waals surface area contributed by atoms with Crippen molar-refractivity contribution in [3.8, 4) is 11.5 Å². The molecule has 0 radical (unpaired) electrons. The summed E-state index contributed by atoms with van der Waals surface area (Å²) >= 11 is 0. The van der Waals surface area contributed by atoms with Crippen LogP contribution in [0.3, 0.4) is 0 Å². The number of nitrogens with one attached hydrogen (secondary N) is 1. The largest absolute Gasteiger partial charge is 0.493 e. The van der Waals surface area contributed by atoms with Crippen LogP contribution >= 0.6 is 0 Å². The minimum absolute atomic E-state index is 0.160. The number of fused-ring (bicyclic) bond motifs is 1. The molecule has 0 spiro atoms. The summed E-state index contributed by atoms with van der Waals surface area (Å²) in [5.74, 6) is 0.740. The summed E-state index contributed by atoms with van der Waals surface area (Å²) in [6.07, 6.45) is 2.47. The Bertz CT molecular complexity index is 919. The number of morpholine rings is 1. The highest BCUT2D eigenvalue weighted by molar-refractivity contribution is 6.07. The summed E-state index contributed by atoms with van der Waals surface area (Å²) in [5, 5.41) is 3.98. The number of carbonyl (C=O) groups is 1.